The van der Waals surface area contributed by atoms with Gasteiger partial charge in [0.1, 0.15) is 45.1 Å². The van der Waals surface area contributed by atoms with Crippen LogP contribution >= 0.6 is 0 Å². The summed E-state index contributed by atoms with van der Waals surface area (Å²) in [5.74, 6) is 1.07. The number of para-hydroxylation sites is 2. The Hall–Kier alpha value is -2.37. The van der Waals surface area contributed by atoms with Crippen LogP contribution in [0.15, 0.2) is 48.5 Å². The lowest BCUT2D eigenvalue weighted by Crippen LogP contribution is -3.28. The molecule has 0 atom stereocenters. The van der Waals surface area contributed by atoms with Crippen LogP contribution in [-0.2, 0) is 17.6 Å². The molecule has 2 aromatic rings. The lowest BCUT2D eigenvalue weighted by molar-refractivity contribution is -1.01. The molecule has 0 aliphatic carbocycles. The molecule has 1 amide bonds. The van der Waals surface area contributed by atoms with Crippen LogP contribution in [-0.4, -0.2) is 51.8 Å². The number of aryl methyl sites for hydroxylation is 2. The summed E-state index contributed by atoms with van der Waals surface area (Å²) in [5, 5.41) is 3.21. The van der Waals surface area contributed by atoms with E-state index in [9.17, 15) is 4.79 Å². The Balaban J connectivity index is 1.41. The van der Waals surface area contributed by atoms with Crippen molar-refractivity contribution in [2.45, 2.75) is 26.7 Å². The number of ether oxygens (including phenoxy) is 1. The van der Waals surface area contributed by atoms with E-state index < -0.39 is 0 Å². The summed E-state index contributed by atoms with van der Waals surface area (Å²) in [6.45, 7) is 10.8. The Labute approximate surface area is 174 Å². The first-order valence-electron chi connectivity index (χ1n) is 10.9. The van der Waals surface area contributed by atoms with Crippen LogP contribution in [0.25, 0.3) is 0 Å². The summed E-state index contributed by atoms with van der Waals surface area (Å²) in [4.78, 5) is 15.6. The Morgan fingerprint density at radius 1 is 0.897 bits per heavy atom. The van der Waals surface area contributed by atoms with Gasteiger partial charge in [0, 0.05) is 5.69 Å². The van der Waals surface area contributed by atoms with Gasteiger partial charge in [0.15, 0.2) is 6.54 Å². The molecule has 1 saturated heterocycles. The fourth-order valence-electron chi connectivity index (χ4n) is 4.03. The molecule has 2 aromatic carbocycles. The quantitative estimate of drug-likeness (QED) is 0.581. The summed E-state index contributed by atoms with van der Waals surface area (Å²) in [6, 6.07) is 16.3. The van der Waals surface area contributed by atoms with Crippen LogP contribution in [0, 0.1) is 0 Å². The van der Waals surface area contributed by atoms with Crippen LogP contribution in [0.4, 0.5) is 5.69 Å². The van der Waals surface area contributed by atoms with E-state index in [0.717, 1.165) is 63.6 Å². The van der Waals surface area contributed by atoms with Gasteiger partial charge in [-0.2, -0.15) is 0 Å². The average molecular weight is 398 g/mol. The molecule has 0 spiro atoms. The number of quaternary nitrogens is 2. The minimum absolute atomic E-state index is 0.131. The number of amides is 1. The molecule has 1 heterocycles. The fraction of sp³-hybridized carbons (Fsp3) is 0.458. The molecule has 0 bridgehead atoms. The molecule has 5 heteroatoms. The predicted octanol–water partition coefficient (Wildman–Crippen LogP) is 0.612. The lowest BCUT2D eigenvalue weighted by Gasteiger charge is -2.29. The molecule has 5 nitrogen and oxygen atoms in total. The highest BCUT2D eigenvalue weighted by molar-refractivity contribution is 5.93. The number of carbonyl (C=O) groups excluding carboxylic acids is 1. The van der Waals surface area contributed by atoms with Crippen molar-refractivity contribution in [1.82, 2.24) is 0 Å². The van der Waals surface area contributed by atoms with Gasteiger partial charge in [-0.05, 0) is 36.1 Å². The standard InChI is InChI=1S/C24H33N3O2/c1-3-20-9-8-10-21(4-2)24(20)25-23(28)19-27-15-13-26(14-16-27)17-18-29-22-11-6-5-7-12-22/h5-12H,3-4,13-19H2,1-2H3,(H,25,28)/p+2. The second kappa shape index (κ2) is 11.0. The van der Waals surface area contributed by atoms with Crippen molar-refractivity contribution >= 4 is 11.6 Å². The Morgan fingerprint density at radius 3 is 2.14 bits per heavy atom. The van der Waals surface area contributed by atoms with Crippen LogP contribution in [0.3, 0.4) is 0 Å². The highest BCUT2D eigenvalue weighted by Crippen LogP contribution is 2.22. The number of hydrogen-bond donors (Lipinski definition) is 3. The highest BCUT2D eigenvalue weighted by Gasteiger charge is 2.25. The van der Waals surface area contributed by atoms with Crippen molar-refractivity contribution in [2.75, 3.05) is 51.2 Å². The first-order valence-corrected chi connectivity index (χ1v) is 10.9. The van der Waals surface area contributed by atoms with Crippen molar-refractivity contribution in [2.24, 2.45) is 0 Å². The Kier molecular flexibility index (Phi) is 8.08. The van der Waals surface area contributed by atoms with Crippen molar-refractivity contribution < 1.29 is 19.3 Å². The topological polar surface area (TPSA) is 47.2 Å². The molecule has 3 N–H and O–H groups in total. The number of carbonyl (C=O) groups is 1. The third-order valence-electron chi connectivity index (χ3n) is 5.81. The van der Waals surface area contributed by atoms with E-state index in [-0.39, 0.29) is 5.91 Å². The van der Waals surface area contributed by atoms with E-state index in [4.69, 9.17) is 4.74 Å². The molecule has 1 fully saturated rings. The second-order valence-corrected chi connectivity index (χ2v) is 7.79. The van der Waals surface area contributed by atoms with Crippen molar-refractivity contribution in [3.05, 3.63) is 59.7 Å². The summed E-state index contributed by atoms with van der Waals surface area (Å²) in [7, 11) is 0. The third kappa shape index (κ3) is 6.31. The molecule has 3 rings (SSSR count). The lowest BCUT2D eigenvalue weighted by atomic mass is 10.0. The first kappa shape index (κ1) is 21.3. The summed E-state index contributed by atoms with van der Waals surface area (Å²) in [6.07, 6.45) is 1.87. The van der Waals surface area contributed by atoms with Gasteiger partial charge in [-0.15, -0.1) is 0 Å². The minimum Gasteiger partial charge on any atom is -0.488 e. The average Bonchev–Trinajstić information content (AvgIpc) is 2.76. The van der Waals surface area contributed by atoms with Crippen molar-refractivity contribution in [3.63, 3.8) is 0 Å². The maximum absolute atomic E-state index is 12.7. The molecule has 29 heavy (non-hydrogen) atoms. The second-order valence-electron chi connectivity index (χ2n) is 7.79. The van der Waals surface area contributed by atoms with Gasteiger partial charge in [0.05, 0.1) is 0 Å². The SMILES string of the molecule is CCc1cccc(CC)c1NC(=O)C[NH+]1CC[NH+](CCOc2ccccc2)CC1. The van der Waals surface area contributed by atoms with Gasteiger partial charge in [0.25, 0.3) is 5.91 Å². The van der Waals surface area contributed by atoms with E-state index in [1.165, 1.54) is 16.0 Å². The summed E-state index contributed by atoms with van der Waals surface area (Å²) < 4.78 is 5.82. The molecule has 0 radical (unpaired) electrons. The van der Waals surface area contributed by atoms with E-state index in [0.29, 0.717) is 6.54 Å². The molecular weight excluding hydrogens is 362 g/mol. The zero-order valence-electron chi connectivity index (χ0n) is 17.8. The molecule has 0 unspecified atom stereocenters. The normalized spacial score (nSPS) is 19.0. The molecule has 0 saturated carbocycles. The third-order valence-corrected chi connectivity index (χ3v) is 5.81. The zero-order valence-corrected chi connectivity index (χ0v) is 17.8. The smallest absolute Gasteiger partial charge is 0.279 e. The number of nitrogens with one attached hydrogen (secondary N) is 3. The fourth-order valence-corrected chi connectivity index (χ4v) is 4.03. The van der Waals surface area contributed by atoms with E-state index >= 15 is 0 Å². The van der Waals surface area contributed by atoms with Crippen LogP contribution in [0.5, 0.6) is 5.75 Å². The van der Waals surface area contributed by atoms with Crippen molar-refractivity contribution in [3.8, 4) is 5.75 Å². The maximum atomic E-state index is 12.7. The van der Waals surface area contributed by atoms with E-state index in [1.54, 1.807) is 4.90 Å². The molecule has 156 valence electrons. The van der Waals surface area contributed by atoms with Gasteiger partial charge in [-0.3, -0.25) is 4.79 Å². The van der Waals surface area contributed by atoms with Gasteiger partial charge < -0.3 is 19.9 Å². The minimum atomic E-state index is 0.131. The van der Waals surface area contributed by atoms with Gasteiger partial charge in [-0.25, -0.2) is 0 Å². The van der Waals surface area contributed by atoms with Crippen LogP contribution < -0.4 is 19.9 Å². The summed E-state index contributed by atoms with van der Waals surface area (Å²) in [5.41, 5.74) is 3.48. The predicted molar refractivity (Wildman–Crippen MR) is 117 cm³/mol. The van der Waals surface area contributed by atoms with Gasteiger partial charge in [-0.1, -0.05) is 50.2 Å². The maximum Gasteiger partial charge on any atom is 0.279 e. The molecule has 1 aliphatic heterocycles. The monoisotopic (exact) mass is 397 g/mol. The Bertz CT molecular complexity index is 749. The highest BCUT2D eigenvalue weighted by atomic mass is 16.5. The van der Waals surface area contributed by atoms with Crippen LogP contribution in [0.2, 0.25) is 0 Å². The molecular formula is C24H35N3O2+2. The van der Waals surface area contributed by atoms with E-state index in [1.807, 2.05) is 30.3 Å². The number of piperazine rings is 1. The largest absolute Gasteiger partial charge is 0.488 e. The zero-order chi connectivity index (χ0) is 20.5. The van der Waals surface area contributed by atoms with E-state index in [2.05, 4.69) is 37.4 Å². The summed E-state index contributed by atoms with van der Waals surface area (Å²) >= 11 is 0. The Morgan fingerprint density at radius 2 is 1.52 bits per heavy atom. The van der Waals surface area contributed by atoms with Gasteiger partial charge >= 0.3 is 0 Å². The first-order chi connectivity index (χ1) is 14.2. The van der Waals surface area contributed by atoms with Crippen molar-refractivity contribution in [1.29, 1.82) is 0 Å². The molecule has 0 aromatic heterocycles. The number of anilines is 1. The van der Waals surface area contributed by atoms with Gasteiger partial charge in [0.2, 0.25) is 0 Å². The number of rotatable bonds is 9. The van der Waals surface area contributed by atoms with Crippen LogP contribution in [0.1, 0.15) is 25.0 Å². The number of benzene rings is 2. The number of hydrogen-bond acceptors (Lipinski definition) is 2. The molecule has 1 aliphatic rings.